The Kier molecular flexibility index (Phi) is 6.84. The molecule has 0 unspecified atom stereocenters. The fourth-order valence-corrected chi connectivity index (χ4v) is 4.89. The summed E-state index contributed by atoms with van der Waals surface area (Å²) in [6.45, 7) is 4.20. The molecule has 136 valence electrons. The van der Waals surface area contributed by atoms with E-state index < -0.39 is 9.84 Å². The van der Waals surface area contributed by atoms with E-state index in [0.717, 1.165) is 37.7 Å². The number of hydrogen-bond acceptors (Lipinski definition) is 4. The van der Waals surface area contributed by atoms with Crippen molar-refractivity contribution in [1.29, 1.82) is 0 Å². The van der Waals surface area contributed by atoms with Gasteiger partial charge >= 0.3 is 0 Å². The van der Waals surface area contributed by atoms with Crippen molar-refractivity contribution in [3.05, 3.63) is 29.8 Å². The lowest BCUT2D eigenvalue weighted by Crippen LogP contribution is -2.43. The molecule has 5 heteroatoms. The molecule has 1 aliphatic rings. The molecular weight excluding hydrogens is 320 g/mol. The third-order valence-electron chi connectivity index (χ3n) is 5.51. The highest BCUT2D eigenvalue weighted by atomic mass is 32.2. The minimum Gasteiger partial charge on any atom is -0.328 e. The van der Waals surface area contributed by atoms with E-state index in [1.807, 2.05) is 12.1 Å². The number of rotatable bonds is 7. The predicted molar refractivity (Wildman–Crippen MR) is 99.9 cm³/mol. The molecule has 1 fully saturated rings. The summed E-state index contributed by atoms with van der Waals surface area (Å²) in [6.07, 6.45) is 5.97. The summed E-state index contributed by atoms with van der Waals surface area (Å²) < 4.78 is 25.1. The van der Waals surface area contributed by atoms with E-state index in [4.69, 9.17) is 5.73 Å². The molecule has 1 aromatic rings. The topological polar surface area (TPSA) is 63.4 Å². The monoisotopic (exact) mass is 352 g/mol. The Balaban J connectivity index is 1.90. The van der Waals surface area contributed by atoms with E-state index in [9.17, 15) is 8.42 Å². The van der Waals surface area contributed by atoms with Gasteiger partial charge in [-0.2, -0.15) is 0 Å². The number of nitrogens with zero attached hydrogens (tertiary/aromatic N) is 1. The second-order valence-corrected chi connectivity index (χ2v) is 9.30. The Bertz CT molecular complexity index is 605. The van der Waals surface area contributed by atoms with Gasteiger partial charge in [0.05, 0.1) is 10.6 Å². The smallest absolute Gasteiger partial charge is 0.178 e. The molecule has 1 atom stereocenters. The molecule has 4 nitrogen and oxygen atoms in total. The van der Waals surface area contributed by atoms with Crippen molar-refractivity contribution in [2.45, 2.75) is 75.4 Å². The number of aryl methyl sites for hydroxylation is 1. The number of benzene rings is 1. The summed E-state index contributed by atoms with van der Waals surface area (Å²) in [5.41, 5.74) is 7.14. The van der Waals surface area contributed by atoms with Crippen LogP contribution >= 0.6 is 0 Å². The Hall–Kier alpha value is -0.910. The van der Waals surface area contributed by atoms with Crippen LogP contribution in [0.1, 0.15) is 51.5 Å². The maximum atomic E-state index is 12.5. The van der Waals surface area contributed by atoms with Gasteiger partial charge in [-0.25, -0.2) is 8.42 Å². The highest BCUT2D eigenvalue weighted by Crippen LogP contribution is 2.24. The molecule has 0 aromatic heterocycles. The lowest BCUT2D eigenvalue weighted by molar-refractivity contribution is 0.138. The molecule has 0 amide bonds. The van der Waals surface area contributed by atoms with Crippen LogP contribution < -0.4 is 5.73 Å². The normalized spacial score (nSPS) is 23.4. The van der Waals surface area contributed by atoms with Crippen LogP contribution in [0.5, 0.6) is 0 Å². The quantitative estimate of drug-likeness (QED) is 0.819. The average molecular weight is 353 g/mol. The van der Waals surface area contributed by atoms with E-state index in [1.165, 1.54) is 0 Å². The van der Waals surface area contributed by atoms with Crippen molar-refractivity contribution >= 4 is 9.84 Å². The lowest BCUT2D eigenvalue weighted by atomic mass is 9.90. The zero-order chi connectivity index (χ0) is 17.7. The third-order valence-corrected chi connectivity index (χ3v) is 7.27. The second kappa shape index (κ2) is 8.45. The van der Waals surface area contributed by atoms with E-state index >= 15 is 0 Å². The molecule has 1 aromatic carbocycles. The SMILES string of the molecule is CCc1ccc(S(=O)(=O)CC[C@H](C)N(C)C2CCC(N)CC2)cc1. The van der Waals surface area contributed by atoms with E-state index in [-0.39, 0.29) is 11.8 Å². The zero-order valence-electron chi connectivity index (χ0n) is 15.2. The maximum Gasteiger partial charge on any atom is 0.178 e. The largest absolute Gasteiger partial charge is 0.328 e. The molecular formula is C19H32N2O2S. The molecule has 0 heterocycles. The van der Waals surface area contributed by atoms with Crippen LogP contribution in [-0.2, 0) is 16.3 Å². The summed E-state index contributed by atoms with van der Waals surface area (Å²) in [6, 6.07) is 8.44. The fraction of sp³-hybridized carbons (Fsp3) is 0.684. The van der Waals surface area contributed by atoms with Crippen LogP contribution in [0.4, 0.5) is 0 Å². The Morgan fingerprint density at radius 3 is 2.29 bits per heavy atom. The minimum absolute atomic E-state index is 0.205. The summed E-state index contributed by atoms with van der Waals surface area (Å²) in [5, 5.41) is 0. The van der Waals surface area contributed by atoms with Crippen LogP contribution in [0.25, 0.3) is 0 Å². The average Bonchev–Trinajstić information content (AvgIpc) is 2.60. The molecule has 1 aliphatic carbocycles. The molecule has 0 aliphatic heterocycles. The van der Waals surface area contributed by atoms with Gasteiger partial charge < -0.3 is 10.6 Å². The van der Waals surface area contributed by atoms with Gasteiger partial charge in [0, 0.05) is 18.1 Å². The van der Waals surface area contributed by atoms with Crippen molar-refractivity contribution in [3.63, 3.8) is 0 Å². The standard InChI is InChI=1S/C19H32N2O2S/c1-4-16-5-11-19(12-6-16)24(22,23)14-13-15(2)21(3)18-9-7-17(20)8-10-18/h5-6,11-12,15,17-18H,4,7-10,13-14,20H2,1-3H3/t15-,17?,18?/m0/s1. The summed E-state index contributed by atoms with van der Waals surface area (Å²) in [5.74, 6) is 0.205. The molecule has 1 saturated carbocycles. The Labute approximate surface area is 147 Å². The van der Waals surface area contributed by atoms with Gasteiger partial charge in [-0.3, -0.25) is 0 Å². The highest BCUT2D eigenvalue weighted by Gasteiger charge is 2.26. The van der Waals surface area contributed by atoms with E-state index in [2.05, 4.69) is 25.8 Å². The molecule has 0 spiro atoms. The number of hydrogen-bond donors (Lipinski definition) is 1. The van der Waals surface area contributed by atoms with Gasteiger partial charge in [-0.15, -0.1) is 0 Å². The van der Waals surface area contributed by atoms with Crippen LogP contribution in [0.2, 0.25) is 0 Å². The van der Waals surface area contributed by atoms with Gasteiger partial charge in [0.1, 0.15) is 0 Å². The lowest BCUT2D eigenvalue weighted by Gasteiger charge is -2.37. The molecule has 0 bridgehead atoms. The number of nitrogens with two attached hydrogens (primary N) is 1. The predicted octanol–water partition coefficient (Wildman–Crippen LogP) is 3.00. The van der Waals surface area contributed by atoms with Crippen LogP contribution in [0.15, 0.2) is 29.2 Å². The van der Waals surface area contributed by atoms with Crippen LogP contribution in [0.3, 0.4) is 0 Å². The first-order valence-corrected chi connectivity index (χ1v) is 10.8. The zero-order valence-corrected chi connectivity index (χ0v) is 16.1. The number of sulfone groups is 1. The first kappa shape index (κ1) is 19.4. The molecule has 24 heavy (non-hydrogen) atoms. The van der Waals surface area contributed by atoms with Gasteiger partial charge in [0.25, 0.3) is 0 Å². The molecule has 0 radical (unpaired) electrons. The van der Waals surface area contributed by atoms with Gasteiger partial charge in [0.15, 0.2) is 9.84 Å². The summed E-state index contributed by atoms with van der Waals surface area (Å²) in [7, 11) is -1.08. The molecule has 2 rings (SSSR count). The van der Waals surface area contributed by atoms with Crippen molar-refractivity contribution in [3.8, 4) is 0 Å². The fourth-order valence-electron chi connectivity index (χ4n) is 3.45. The van der Waals surface area contributed by atoms with Crippen molar-refractivity contribution in [2.24, 2.45) is 5.73 Å². The molecule has 2 N–H and O–H groups in total. The maximum absolute atomic E-state index is 12.5. The second-order valence-electron chi connectivity index (χ2n) is 7.19. The summed E-state index contributed by atoms with van der Waals surface area (Å²) >= 11 is 0. The van der Waals surface area contributed by atoms with Crippen molar-refractivity contribution < 1.29 is 8.42 Å². The summed E-state index contributed by atoms with van der Waals surface area (Å²) in [4.78, 5) is 2.79. The van der Waals surface area contributed by atoms with Crippen LogP contribution in [0, 0.1) is 0 Å². The first-order chi connectivity index (χ1) is 11.3. The Morgan fingerprint density at radius 1 is 1.17 bits per heavy atom. The van der Waals surface area contributed by atoms with Gasteiger partial charge in [-0.05, 0) is 70.2 Å². The highest BCUT2D eigenvalue weighted by molar-refractivity contribution is 7.91. The van der Waals surface area contributed by atoms with Gasteiger partial charge in [-0.1, -0.05) is 19.1 Å². The van der Waals surface area contributed by atoms with Crippen molar-refractivity contribution in [2.75, 3.05) is 12.8 Å². The third kappa shape index (κ3) is 5.04. The van der Waals surface area contributed by atoms with Gasteiger partial charge in [0.2, 0.25) is 0 Å². The van der Waals surface area contributed by atoms with Crippen LogP contribution in [-0.4, -0.2) is 44.2 Å². The minimum atomic E-state index is -3.20. The van der Waals surface area contributed by atoms with E-state index in [0.29, 0.717) is 23.4 Å². The van der Waals surface area contributed by atoms with E-state index in [1.54, 1.807) is 12.1 Å². The Morgan fingerprint density at radius 2 is 1.75 bits per heavy atom. The van der Waals surface area contributed by atoms with Crippen molar-refractivity contribution in [1.82, 2.24) is 4.90 Å². The first-order valence-electron chi connectivity index (χ1n) is 9.12. The molecule has 0 saturated heterocycles.